The lowest BCUT2D eigenvalue weighted by Gasteiger charge is -2.37. The number of esters is 1. The topological polar surface area (TPSA) is 260 Å². The van der Waals surface area contributed by atoms with E-state index >= 15 is 4.79 Å². The van der Waals surface area contributed by atoms with Gasteiger partial charge in [-0.25, -0.2) is 19.2 Å². The predicted octanol–water partition coefficient (Wildman–Crippen LogP) is 6.66. The Balaban J connectivity index is 2.24. The fourth-order valence-corrected chi connectivity index (χ4v) is 8.39. The molecule has 0 spiro atoms. The molecular weight excluding hydrogens is 999 g/mol. The van der Waals surface area contributed by atoms with Crippen LogP contribution in [0.25, 0.3) is 11.1 Å². The minimum Gasteiger partial charge on any atom is -0.491 e. The molecule has 6 amide bonds. The van der Waals surface area contributed by atoms with E-state index in [-0.39, 0.29) is 63.1 Å². The Hall–Kier alpha value is -6.13. The van der Waals surface area contributed by atoms with Crippen LogP contribution < -0.4 is 41.4 Å². The molecule has 0 unspecified atom stereocenters. The summed E-state index contributed by atoms with van der Waals surface area (Å²) in [5.41, 5.74) is -0.452. The average molecular weight is 1090 g/mol. The van der Waals surface area contributed by atoms with Crippen molar-refractivity contribution in [2.24, 2.45) is 0 Å². The van der Waals surface area contributed by atoms with Gasteiger partial charge in [-0.1, -0.05) is 32.9 Å². The third-order valence-corrected chi connectivity index (χ3v) is 16.6. The first kappa shape index (κ1) is 64.2. The second kappa shape index (κ2) is 27.8. The summed E-state index contributed by atoms with van der Waals surface area (Å²) < 4.78 is 40.5. The quantitative estimate of drug-likeness (QED) is 0.0351. The normalized spacial score (nSPS) is 16.8. The second-order valence-corrected chi connectivity index (χ2v) is 28.0. The summed E-state index contributed by atoms with van der Waals surface area (Å²) >= 11 is 0. The van der Waals surface area contributed by atoms with E-state index in [2.05, 4.69) is 65.8 Å². The van der Waals surface area contributed by atoms with Crippen LogP contribution in [-0.4, -0.2) is 150 Å². The van der Waals surface area contributed by atoms with Gasteiger partial charge in [0, 0.05) is 37.7 Å². The summed E-state index contributed by atoms with van der Waals surface area (Å²) in [4.78, 5) is 96.0. The van der Waals surface area contributed by atoms with Crippen molar-refractivity contribution in [3.8, 4) is 22.6 Å². The molecule has 4 atom stereocenters. The molecule has 2 aromatic carbocycles. The lowest BCUT2D eigenvalue weighted by atomic mass is 9.93. The fraction of sp³-hybridized carbons (Fsp3) is 0.648. The Kier molecular flexibility index (Phi) is 23.4. The summed E-state index contributed by atoms with van der Waals surface area (Å²) in [5.74, 6) is -2.02. The van der Waals surface area contributed by atoms with Gasteiger partial charge in [0.2, 0.25) is 17.7 Å². The summed E-state index contributed by atoms with van der Waals surface area (Å²) in [6.07, 6.45) is -1.23. The zero-order valence-corrected chi connectivity index (χ0v) is 49.0. The number of methoxy groups -OCH3 is 1. The summed E-state index contributed by atoms with van der Waals surface area (Å²) in [6.45, 7) is 28.7. The van der Waals surface area contributed by atoms with E-state index < -0.39 is 91.3 Å². The third kappa shape index (κ3) is 21.5. The molecule has 1 heterocycles. The van der Waals surface area contributed by atoms with E-state index in [0.29, 0.717) is 41.0 Å². The van der Waals surface area contributed by atoms with Crippen molar-refractivity contribution in [1.29, 1.82) is 0 Å². The molecule has 0 saturated carbocycles. The van der Waals surface area contributed by atoms with Gasteiger partial charge in [-0.3, -0.25) is 14.4 Å². The molecule has 2 aromatic rings. The van der Waals surface area contributed by atoms with Gasteiger partial charge in [-0.2, -0.15) is 0 Å². The number of nitrogens with zero attached hydrogens (tertiary/aromatic N) is 1. The van der Waals surface area contributed by atoms with Crippen molar-refractivity contribution in [2.45, 2.75) is 168 Å². The number of hydrogen-bond acceptors (Lipinski definition) is 15. The zero-order chi connectivity index (χ0) is 57.4. The Bertz CT molecular complexity index is 2320. The average Bonchev–Trinajstić information content (AvgIpc) is 3.28. The van der Waals surface area contributed by atoms with Crippen LogP contribution in [0.3, 0.4) is 0 Å². The number of amides is 6. The molecule has 22 heteroatoms. The largest absolute Gasteiger partial charge is 0.491 e. The van der Waals surface area contributed by atoms with Crippen LogP contribution in [0.2, 0.25) is 18.1 Å². The van der Waals surface area contributed by atoms with Crippen LogP contribution in [0, 0.1) is 0 Å². The molecular formula is C54H87N7O14Si. The lowest BCUT2D eigenvalue weighted by molar-refractivity contribution is -0.145. The number of ether oxygens (including phenoxy) is 6. The summed E-state index contributed by atoms with van der Waals surface area (Å²) in [7, 11) is 0.432. The number of carbonyl (C=O) groups excluding carboxylic acids is 7. The van der Waals surface area contributed by atoms with E-state index in [1.54, 1.807) is 98.7 Å². The van der Waals surface area contributed by atoms with Gasteiger partial charge < -0.3 is 69.6 Å². The molecule has 0 fully saturated rings. The van der Waals surface area contributed by atoms with Crippen LogP contribution >= 0.6 is 0 Å². The summed E-state index contributed by atoms with van der Waals surface area (Å²) in [6, 6.07) is 5.45. The van der Waals surface area contributed by atoms with Gasteiger partial charge >= 0.3 is 24.2 Å². The molecule has 426 valence electrons. The van der Waals surface area contributed by atoms with E-state index in [1.165, 1.54) is 26.0 Å². The Morgan fingerprint density at radius 3 is 1.68 bits per heavy atom. The molecule has 0 aliphatic carbocycles. The molecule has 3 rings (SSSR count). The molecule has 6 N–H and O–H groups in total. The van der Waals surface area contributed by atoms with Gasteiger partial charge in [-0.05, 0) is 142 Å². The van der Waals surface area contributed by atoms with Crippen molar-refractivity contribution in [3.63, 3.8) is 0 Å². The number of fused-ring (bicyclic) bond motifs is 5. The molecule has 0 saturated heterocycles. The van der Waals surface area contributed by atoms with Crippen molar-refractivity contribution < 1.29 is 66.4 Å². The van der Waals surface area contributed by atoms with E-state index in [0.717, 1.165) is 0 Å². The highest BCUT2D eigenvalue weighted by atomic mass is 28.4. The highest BCUT2D eigenvalue weighted by Crippen LogP contribution is 2.41. The number of hydrogen-bond donors (Lipinski definition) is 6. The van der Waals surface area contributed by atoms with E-state index in [1.807, 2.05) is 0 Å². The smallest absolute Gasteiger partial charge is 0.407 e. The van der Waals surface area contributed by atoms with Crippen molar-refractivity contribution in [1.82, 2.24) is 36.8 Å². The Morgan fingerprint density at radius 2 is 1.18 bits per heavy atom. The maximum atomic E-state index is 15.1. The number of benzene rings is 2. The molecule has 0 radical (unpaired) electrons. The van der Waals surface area contributed by atoms with E-state index in [4.69, 9.17) is 32.8 Å². The standard InChI is InChI=1S/C54H87N7O14Si/c1-34-44(62)60-40(47(65)69-15)32-35-19-21-41(70-29-26-57-49(67)74-52(5,6)7)37(31-35)38-33-36(20-22-42(38)71-30-27-58-50(68)75-53(8,9)10)43(45(63)59-34)61(14)46(64)39(23-28-72-76(16,17)54(11,12)13)55-24-18-25-56-48(66)73-51(2,3)4/h19-22,31,33-34,39-40,43,55H,18,23-30,32H2,1-17H3,(H,56,66)(H,57,67)(H,58,68)(H,59,63)(H,60,62)/t34-,39-,40-,43-/m0/s1. The Labute approximate surface area is 450 Å². The maximum absolute atomic E-state index is 15.1. The number of likely N-dealkylation sites (N-methyl/N-ethyl adjacent to an activating group) is 1. The van der Waals surface area contributed by atoms with Crippen molar-refractivity contribution in [2.75, 3.05) is 60.2 Å². The number of carbonyl (C=O) groups is 7. The molecule has 21 nitrogen and oxygen atoms in total. The minimum atomic E-state index is -2.27. The first-order valence-corrected chi connectivity index (χ1v) is 28.8. The van der Waals surface area contributed by atoms with Gasteiger partial charge in [0.1, 0.15) is 59.6 Å². The molecule has 1 aliphatic heterocycles. The van der Waals surface area contributed by atoms with Crippen molar-refractivity contribution in [3.05, 3.63) is 47.5 Å². The predicted molar refractivity (Wildman–Crippen MR) is 291 cm³/mol. The number of alkyl carbamates (subject to hydrolysis) is 3. The van der Waals surface area contributed by atoms with Gasteiger partial charge in [-0.15, -0.1) is 0 Å². The van der Waals surface area contributed by atoms with Crippen LogP contribution in [0.15, 0.2) is 36.4 Å². The van der Waals surface area contributed by atoms with Crippen LogP contribution in [0.1, 0.15) is 120 Å². The highest BCUT2D eigenvalue weighted by Gasteiger charge is 2.39. The van der Waals surface area contributed by atoms with Gasteiger partial charge in [0.05, 0.1) is 26.2 Å². The lowest BCUT2D eigenvalue weighted by Crippen LogP contribution is -2.54. The van der Waals surface area contributed by atoms with Crippen LogP contribution in [0.5, 0.6) is 11.5 Å². The molecule has 1 aliphatic rings. The first-order valence-electron chi connectivity index (χ1n) is 25.9. The van der Waals surface area contributed by atoms with Crippen LogP contribution in [0.4, 0.5) is 14.4 Å². The molecule has 0 aromatic heterocycles. The Morgan fingerprint density at radius 1 is 0.684 bits per heavy atom. The fourth-order valence-electron chi connectivity index (χ4n) is 7.33. The minimum absolute atomic E-state index is 0.0210. The number of rotatable bonds is 20. The maximum Gasteiger partial charge on any atom is 0.407 e. The second-order valence-electron chi connectivity index (χ2n) is 23.2. The van der Waals surface area contributed by atoms with Crippen molar-refractivity contribution >= 4 is 50.3 Å². The monoisotopic (exact) mass is 1090 g/mol. The van der Waals surface area contributed by atoms with E-state index in [9.17, 15) is 28.8 Å². The number of nitrogens with one attached hydrogen (secondary N) is 6. The van der Waals surface area contributed by atoms with Gasteiger partial charge in [0.15, 0.2) is 8.32 Å². The SMILES string of the molecule is COC(=O)[C@@H]1Cc2ccc(OCCNC(=O)OC(C)(C)C)c(c2)-c2cc(ccc2OCCNC(=O)OC(C)(C)C)[C@H](N(C)C(=O)[C@H](CCO[Si](C)(C)C(C)(C)C)NCCCNC(=O)OC(C)(C)C)C(=O)N[C@@H](C)C(=O)N1. The zero-order valence-electron chi connectivity index (χ0n) is 48.0. The van der Waals surface area contributed by atoms with Gasteiger partial charge in [0.25, 0.3) is 0 Å². The first-order chi connectivity index (χ1) is 35.1. The molecule has 76 heavy (non-hydrogen) atoms. The highest BCUT2D eigenvalue weighted by molar-refractivity contribution is 6.74. The molecule has 4 bridgehead atoms. The van der Waals surface area contributed by atoms with Crippen LogP contribution in [-0.2, 0) is 49.0 Å². The third-order valence-electron chi connectivity index (χ3n) is 12.1. The summed E-state index contributed by atoms with van der Waals surface area (Å²) in [5, 5.41) is 16.9.